The molecule has 0 aromatic heterocycles. The van der Waals surface area contributed by atoms with E-state index in [0.29, 0.717) is 5.56 Å². The second kappa shape index (κ2) is 4.86. The Bertz CT molecular complexity index is 454. The van der Waals surface area contributed by atoms with Crippen LogP contribution in [-0.4, -0.2) is 28.3 Å². The van der Waals surface area contributed by atoms with Crippen molar-refractivity contribution in [1.29, 1.82) is 0 Å². The molecule has 1 fully saturated rings. The van der Waals surface area contributed by atoms with E-state index in [9.17, 15) is 15.0 Å². The first-order valence-corrected chi connectivity index (χ1v) is 6.09. The zero-order valence-corrected chi connectivity index (χ0v) is 10.1. The van der Waals surface area contributed by atoms with Crippen LogP contribution in [0.15, 0.2) is 18.2 Å². The largest absolute Gasteiger partial charge is 0.506 e. The van der Waals surface area contributed by atoms with E-state index in [4.69, 9.17) is 5.73 Å². The topological polar surface area (TPSA) is 95.6 Å². The highest BCUT2D eigenvalue weighted by Gasteiger charge is 2.31. The molecule has 0 spiro atoms. The van der Waals surface area contributed by atoms with Gasteiger partial charge in [0.15, 0.2) is 0 Å². The summed E-state index contributed by atoms with van der Waals surface area (Å²) < 4.78 is 0. The Hall–Kier alpha value is -1.75. The van der Waals surface area contributed by atoms with E-state index in [1.807, 2.05) is 0 Å². The van der Waals surface area contributed by atoms with E-state index in [0.717, 1.165) is 25.7 Å². The minimum atomic E-state index is -0.772. The minimum absolute atomic E-state index is 0.109. The van der Waals surface area contributed by atoms with E-state index < -0.39 is 5.60 Å². The van der Waals surface area contributed by atoms with Crippen molar-refractivity contribution in [2.45, 2.75) is 31.3 Å². The minimum Gasteiger partial charge on any atom is -0.506 e. The van der Waals surface area contributed by atoms with Crippen LogP contribution in [0.2, 0.25) is 0 Å². The number of phenolic OH excluding ortho intramolecular Hbond substituents is 1. The highest BCUT2D eigenvalue weighted by atomic mass is 16.3. The molecule has 5 heteroatoms. The van der Waals surface area contributed by atoms with Crippen LogP contribution in [0.25, 0.3) is 0 Å². The zero-order valence-electron chi connectivity index (χ0n) is 10.1. The van der Waals surface area contributed by atoms with Crippen LogP contribution in [0.1, 0.15) is 36.0 Å². The van der Waals surface area contributed by atoms with Gasteiger partial charge in [-0.15, -0.1) is 0 Å². The molecule has 0 atom stereocenters. The van der Waals surface area contributed by atoms with Gasteiger partial charge < -0.3 is 21.3 Å². The van der Waals surface area contributed by atoms with E-state index in [2.05, 4.69) is 5.32 Å². The van der Waals surface area contributed by atoms with Crippen LogP contribution in [0.5, 0.6) is 5.75 Å². The standard InChI is InChI=1S/C13H18N2O3/c14-10-4-3-9(7-11(10)16)12(17)15-8-13(18)5-1-2-6-13/h3-4,7,16,18H,1-2,5-6,8,14H2,(H,15,17). The smallest absolute Gasteiger partial charge is 0.251 e. The summed E-state index contributed by atoms with van der Waals surface area (Å²) in [6.45, 7) is 0.247. The molecule has 1 saturated carbocycles. The number of nitrogen functional groups attached to an aromatic ring is 1. The molecule has 18 heavy (non-hydrogen) atoms. The third kappa shape index (κ3) is 2.73. The summed E-state index contributed by atoms with van der Waals surface area (Å²) in [5, 5.41) is 22.2. The number of amides is 1. The molecular formula is C13H18N2O3. The number of rotatable bonds is 3. The number of hydrogen-bond acceptors (Lipinski definition) is 4. The maximum absolute atomic E-state index is 11.8. The fraction of sp³-hybridized carbons (Fsp3) is 0.462. The maximum Gasteiger partial charge on any atom is 0.251 e. The number of hydrogen-bond donors (Lipinski definition) is 4. The third-order valence-electron chi connectivity index (χ3n) is 3.40. The zero-order chi connectivity index (χ0) is 13.2. The number of carbonyl (C=O) groups is 1. The summed E-state index contributed by atoms with van der Waals surface area (Å²) in [6.07, 6.45) is 3.44. The fourth-order valence-electron chi connectivity index (χ4n) is 2.24. The van der Waals surface area contributed by atoms with Gasteiger partial charge in [0.05, 0.1) is 11.3 Å². The molecule has 1 aliphatic carbocycles. The molecular weight excluding hydrogens is 232 g/mol. The van der Waals surface area contributed by atoms with Gasteiger partial charge in [0.2, 0.25) is 0 Å². The van der Waals surface area contributed by atoms with Gasteiger partial charge >= 0.3 is 0 Å². The van der Waals surface area contributed by atoms with Crippen LogP contribution in [0, 0.1) is 0 Å². The number of nitrogens with two attached hydrogens (primary N) is 1. The number of aliphatic hydroxyl groups is 1. The summed E-state index contributed by atoms with van der Waals surface area (Å²) in [5.41, 5.74) is 5.26. The Labute approximate surface area is 106 Å². The molecule has 1 aromatic rings. The Morgan fingerprint density at radius 2 is 2.06 bits per heavy atom. The molecule has 5 nitrogen and oxygen atoms in total. The number of phenols is 1. The Morgan fingerprint density at radius 3 is 2.67 bits per heavy atom. The maximum atomic E-state index is 11.8. The average Bonchev–Trinajstić information content (AvgIpc) is 2.77. The van der Waals surface area contributed by atoms with Crippen LogP contribution < -0.4 is 11.1 Å². The molecule has 1 amide bonds. The molecule has 0 aliphatic heterocycles. The van der Waals surface area contributed by atoms with Gasteiger partial charge in [-0.25, -0.2) is 0 Å². The third-order valence-corrected chi connectivity index (χ3v) is 3.40. The highest BCUT2D eigenvalue weighted by molar-refractivity contribution is 5.95. The molecule has 0 bridgehead atoms. The summed E-state index contributed by atoms with van der Waals surface area (Å²) in [6, 6.07) is 4.35. The first-order chi connectivity index (χ1) is 8.50. The lowest BCUT2D eigenvalue weighted by Crippen LogP contribution is -2.40. The van der Waals surface area contributed by atoms with Crippen molar-refractivity contribution in [3.63, 3.8) is 0 Å². The van der Waals surface area contributed by atoms with Gasteiger partial charge in [-0.05, 0) is 31.0 Å². The second-order valence-electron chi connectivity index (χ2n) is 4.89. The van der Waals surface area contributed by atoms with E-state index in [1.165, 1.54) is 12.1 Å². The normalized spacial score (nSPS) is 17.6. The van der Waals surface area contributed by atoms with Gasteiger partial charge in [-0.3, -0.25) is 4.79 Å². The van der Waals surface area contributed by atoms with Crippen molar-refractivity contribution in [3.05, 3.63) is 23.8 Å². The van der Waals surface area contributed by atoms with Crippen molar-refractivity contribution in [3.8, 4) is 5.75 Å². The van der Waals surface area contributed by atoms with E-state index >= 15 is 0 Å². The summed E-state index contributed by atoms with van der Waals surface area (Å²) in [4.78, 5) is 11.8. The van der Waals surface area contributed by atoms with Crippen molar-refractivity contribution < 1.29 is 15.0 Å². The predicted octanol–water partition coefficient (Wildman–Crippen LogP) is 1.01. The lowest BCUT2D eigenvalue weighted by Gasteiger charge is -2.22. The number of anilines is 1. The lowest BCUT2D eigenvalue weighted by atomic mass is 10.0. The Balaban J connectivity index is 1.97. The van der Waals surface area contributed by atoms with Crippen molar-refractivity contribution in [1.82, 2.24) is 5.32 Å². The molecule has 1 aromatic carbocycles. The first-order valence-electron chi connectivity index (χ1n) is 6.09. The molecule has 98 valence electrons. The molecule has 1 aliphatic rings. The van der Waals surface area contributed by atoms with Crippen molar-refractivity contribution >= 4 is 11.6 Å². The second-order valence-corrected chi connectivity index (χ2v) is 4.89. The summed E-state index contributed by atoms with van der Waals surface area (Å²) in [7, 11) is 0. The lowest BCUT2D eigenvalue weighted by molar-refractivity contribution is 0.0449. The van der Waals surface area contributed by atoms with E-state index in [-0.39, 0.29) is 23.9 Å². The number of benzene rings is 1. The van der Waals surface area contributed by atoms with Gasteiger partial charge in [-0.2, -0.15) is 0 Å². The van der Waals surface area contributed by atoms with Crippen LogP contribution >= 0.6 is 0 Å². The van der Waals surface area contributed by atoms with Gasteiger partial charge in [0.1, 0.15) is 5.75 Å². The fourth-order valence-corrected chi connectivity index (χ4v) is 2.24. The number of aromatic hydroxyl groups is 1. The molecule has 5 N–H and O–H groups in total. The Kier molecular flexibility index (Phi) is 3.43. The van der Waals surface area contributed by atoms with Crippen LogP contribution in [0.3, 0.4) is 0 Å². The van der Waals surface area contributed by atoms with Gasteiger partial charge in [0.25, 0.3) is 5.91 Å². The molecule has 0 radical (unpaired) electrons. The molecule has 0 unspecified atom stereocenters. The quantitative estimate of drug-likeness (QED) is 0.475. The van der Waals surface area contributed by atoms with Gasteiger partial charge in [0, 0.05) is 12.1 Å². The molecule has 0 saturated heterocycles. The average molecular weight is 250 g/mol. The SMILES string of the molecule is Nc1ccc(C(=O)NCC2(O)CCCC2)cc1O. The van der Waals surface area contributed by atoms with E-state index in [1.54, 1.807) is 6.07 Å². The van der Waals surface area contributed by atoms with Gasteiger partial charge in [-0.1, -0.05) is 12.8 Å². The summed E-state index contributed by atoms with van der Waals surface area (Å²) in [5.74, 6) is -0.423. The number of carbonyl (C=O) groups excluding carboxylic acids is 1. The molecule has 0 heterocycles. The summed E-state index contributed by atoms with van der Waals surface area (Å²) >= 11 is 0. The Morgan fingerprint density at radius 1 is 1.39 bits per heavy atom. The van der Waals surface area contributed by atoms with Crippen molar-refractivity contribution in [2.24, 2.45) is 0 Å². The highest BCUT2D eigenvalue weighted by Crippen LogP contribution is 2.28. The monoisotopic (exact) mass is 250 g/mol. The van der Waals surface area contributed by atoms with Crippen LogP contribution in [-0.2, 0) is 0 Å². The predicted molar refractivity (Wildman–Crippen MR) is 68.3 cm³/mol. The van der Waals surface area contributed by atoms with Crippen molar-refractivity contribution in [2.75, 3.05) is 12.3 Å². The number of nitrogens with one attached hydrogen (secondary N) is 1. The van der Waals surface area contributed by atoms with Crippen LogP contribution in [0.4, 0.5) is 5.69 Å². The first kappa shape index (κ1) is 12.7. The molecule has 2 rings (SSSR count).